The molecule has 4 nitrogen and oxygen atoms in total. The van der Waals surface area contributed by atoms with Crippen LogP contribution in [0.2, 0.25) is 10.0 Å². The quantitative estimate of drug-likeness (QED) is 0.846. The molecule has 2 N–H and O–H groups in total. The molecule has 106 valence electrons. The van der Waals surface area contributed by atoms with Crippen LogP contribution in [0.1, 0.15) is 11.3 Å². The van der Waals surface area contributed by atoms with Crippen LogP contribution < -0.4 is 10.6 Å². The summed E-state index contributed by atoms with van der Waals surface area (Å²) in [6, 6.07) is 7.49. The van der Waals surface area contributed by atoms with E-state index in [1.165, 1.54) is 0 Å². The third kappa shape index (κ3) is 3.62. The van der Waals surface area contributed by atoms with E-state index < -0.39 is 0 Å². The number of hydrogen-bond acceptors (Lipinski definition) is 2. The van der Waals surface area contributed by atoms with Gasteiger partial charge in [0.25, 0.3) is 0 Å². The minimum atomic E-state index is 0.532. The summed E-state index contributed by atoms with van der Waals surface area (Å²) in [4.78, 5) is 0. The van der Waals surface area contributed by atoms with Gasteiger partial charge in [-0.15, -0.1) is 0 Å². The Morgan fingerprint density at radius 2 is 2.05 bits per heavy atom. The van der Waals surface area contributed by atoms with Crippen LogP contribution in [0.15, 0.2) is 24.3 Å². The minimum Gasteiger partial charge on any atom is -0.365 e. The summed E-state index contributed by atoms with van der Waals surface area (Å²) in [5.74, 6) is 0.710. The van der Waals surface area contributed by atoms with Gasteiger partial charge in [-0.1, -0.05) is 29.3 Å². The molecule has 2 aromatic rings. The number of thiocarbonyl (C=S) groups is 1. The highest BCUT2D eigenvalue weighted by atomic mass is 35.5. The number of benzene rings is 1. The van der Waals surface area contributed by atoms with Gasteiger partial charge < -0.3 is 10.6 Å². The minimum absolute atomic E-state index is 0.532. The Morgan fingerprint density at radius 3 is 2.70 bits per heavy atom. The first-order chi connectivity index (χ1) is 9.49. The lowest BCUT2D eigenvalue weighted by Crippen LogP contribution is -2.24. The summed E-state index contributed by atoms with van der Waals surface area (Å²) in [5.41, 5.74) is 2.06. The number of halogens is 2. The number of aryl methyl sites for hydroxylation is 1. The van der Waals surface area contributed by atoms with Crippen molar-refractivity contribution >= 4 is 46.4 Å². The molecule has 0 unspecified atom stereocenters. The van der Waals surface area contributed by atoms with E-state index in [1.54, 1.807) is 13.1 Å². The fourth-order valence-corrected chi connectivity index (χ4v) is 2.15. The Morgan fingerprint density at radius 1 is 1.30 bits per heavy atom. The van der Waals surface area contributed by atoms with Crippen LogP contribution in [-0.2, 0) is 6.54 Å². The molecule has 0 aliphatic rings. The van der Waals surface area contributed by atoms with Gasteiger partial charge in [-0.3, -0.25) is 4.68 Å². The van der Waals surface area contributed by atoms with Crippen molar-refractivity contribution in [2.75, 3.05) is 12.4 Å². The van der Waals surface area contributed by atoms with Crippen molar-refractivity contribution in [2.45, 2.75) is 13.5 Å². The smallest absolute Gasteiger partial charge is 0.171 e. The van der Waals surface area contributed by atoms with E-state index in [0.29, 0.717) is 27.5 Å². The van der Waals surface area contributed by atoms with E-state index >= 15 is 0 Å². The van der Waals surface area contributed by atoms with E-state index in [2.05, 4.69) is 15.7 Å². The van der Waals surface area contributed by atoms with Gasteiger partial charge in [-0.2, -0.15) is 5.10 Å². The average Bonchev–Trinajstić information content (AvgIpc) is 2.74. The Kier molecular flexibility index (Phi) is 4.86. The molecule has 2 rings (SSSR count). The third-order valence-corrected chi connectivity index (χ3v) is 3.81. The molecule has 1 aromatic carbocycles. The first kappa shape index (κ1) is 15.1. The normalized spacial score (nSPS) is 10.4. The van der Waals surface area contributed by atoms with Crippen LogP contribution in [-0.4, -0.2) is 21.9 Å². The van der Waals surface area contributed by atoms with Crippen LogP contribution in [0, 0.1) is 6.92 Å². The Hall–Kier alpha value is -1.30. The third-order valence-electron chi connectivity index (χ3n) is 2.77. The van der Waals surface area contributed by atoms with Gasteiger partial charge in [-0.05, 0) is 36.8 Å². The zero-order chi connectivity index (χ0) is 14.7. The summed E-state index contributed by atoms with van der Waals surface area (Å²) in [6.45, 7) is 2.61. The maximum absolute atomic E-state index is 6.01. The summed E-state index contributed by atoms with van der Waals surface area (Å²) in [7, 11) is 1.76. The molecule has 0 amide bonds. The highest BCUT2D eigenvalue weighted by Crippen LogP contribution is 2.23. The van der Waals surface area contributed by atoms with Crippen LogP contribution >= 0.6 is 35.4 Å². The molecule has 0 radical (unpaired) electrons. The van der Waals surface area contributed by atoms with Gasteiger partial charge in [-0.25, -0.2) is 0 Å². The van der Waals surface area contributed by atoms with Crippen molar-refractivity contribution in [3.63, 3.8) is 0 Å². The van der Waals surface area contributed by atoms with Crippen LogP contribution in [0.25, 0.3) is 0 Å². The van der Waals surface area contributed by atoms with E-state index in [0.717, 1.165) is 11.3 Å². The largest absolute Gasteiger partial charge is 0.365 e. The zero-order valence-electron chi connectivity index (χ0n) is 11.1. The molecule has 0 aliphatic carbocycles. The number of nitrogens with zero attached hydrogens (tertiary/aromatic N) is 2. The lowest BCUT2D eigenvalue weighted by molar-refractivity contribution is 0.668. The maximum Gasteiger partial charge on any atom is 0.171 e. The Labute approximate surface area is 133 Å². The van der Waals surface area contributed by atoms with Crippen molar-refractivity contribution in [3.05, 3.63) is 45.6 Å². The average molecular weight is 329 g/mol. The standard InChI is InChI=1S/C13H14Cl2N4S/c1-8-5-12(17-13(20)16-2)18-19(8)7-9-3-4-10(14)11(15)6-9/h3-6H,7H2,1-2H3,(H2,16,17,18,20). The highest BCUT2D eigenvalue weighted by Gasteiger charge is 2.07. The molecule has 1 aromatic heterocycles. The summed E-state index contributed by atoms with van der Waals surface area (Å²) in [6.07, 6.45) is 0. The second kappa shape index (κ2) is 6.43. The van der Waals surface area contributed by atoms with Crippen LogP contribution in [0.5, 0.6) is 0 Å². The van der Waals surface area contributed by atoms with Crippen molar-refractivity contribution in [3.8, 4) is 0 Å². The zero-order valence-corrected chi connectivity index (χ0v) is 13.4. The first-order valence-corrected chi connectivity index (χ1v) is 7.13. The molecule has 0 fully saturated rings. The lowest BCUT2D eigenvalue weighted by Gasteiger charge is -2.06. The van der Waals surface area contributed by atoms with E-state index in [-0.39, 0.29) is 0 Å². The second-order valence-electron chi connectivity index (χ2n) is 4.28. The van der Waals surface area contributed by atoms with Crippen molar-refractivity contribution in [1.82, 2.24) is 15.1 Å². The molecule has 0 spiro atoms. The Bertz CT molecular complexity index is 639. The summed E-state index contributed by atoms with van der Waals surface area (Å²) < 4.78 is 1.88. The predicted octanol–water partition coefficient (Wildman–Crippen LogP) is 3.46. The van der Waals surface area contributed by atoms with Gasteiger partial charge in [0.15, 0.2) is 10.9 Å². The predicted molar refractivity (Wildman–Crippen MR) is 87.8 cm³/mol. The van der Waals surface area contributed by atoms with Crippen LogP contribution in [0.4, 0.5) is 5.82 Å². The van der Waals surface area contributed by atoms with Crippen LogP contribution in [0.3, 0.4) is 0 Å². The molecule has 7 heteroatoms. The topological polar surface area (TPSA) is 41.9 Å². The summed E-state index contributed by atoms with van der Waals surface area (Å²) >= 11 is 17.0. The number of hydrogen-bond donors (Lipinski definition) is 2. The SMILES string of the molecule is CNC(=S)Nc1cc(C)n(Cc2ccc(Cl)c(Cl)c2)n1. The van der Waals surface area contributed by atoms with Gasteiger partial charge in [0, 0.05) is 18.8 Å². The van der Waals surface area contributed by atoms with Crippen molar-refractivity contribution in [2.24, 2.45) is 0 Å². The van der Waals surface area contributed by atoms with Crippen molar-refractivity contribution < 1.29 is 0 Å². The van der Waals surface area contributed by atoms with Gasteiger partial charge in [0.1, 0.15) is 0 Å². The number of aromatic nitrogens is 2. The fraction of sp³-hybridized carbons (Fsp3) is 0.231. The molecule has 20 heavy (non-hydrogen) atoms. The monoisotopic (exact) mass is 328 g/mol. The molecular weight excluding hydrogens is 315 g/mol. The second-order valence-corrected chi connectivity index (χ2v) is 5.50. The molecule has 0 atom stereocenters. The molecule has 0 aliphatic heterocycles. The van der Waals surface area contributed by atoms with Gasteiger partial charge in [0.05, 0.1) is 16.6 Å². The van der Waals surface area contributed by atoms with E-state index in [1.807, 2.05) is 29.8 Å². The highest BCUT2D eigenvalue weighted by molar-refractivity contribution is 7.80. The maximum atomic E-state index is 6.01. The van der Waals surface area contributed by atoms with E-state index in [9.17, 15) is 0 Å². The van der Waals surface area contributed by atoms with Gasteiger partial charge >= 0.3 is 0 Å². The summed E-state index contributed by atoms with van der Waals surface area (Å²) in [5, 5.41) is 11.9. The van der Waals surface area contributed by atoms with Gasteiger partial charge in [0.2, 0.25) is 0 Å². The van der Waals surface area contributed by atoms with Crippen molar-refractivity contribution in [1.29, 1.82) is 0 Å². The molecule has 1 heterocycles. The number of rotatable bonds is 3. The fourth-order valence-electron chi connectivity index (χ4n) is 1.72. The lowest BCUT2D eigenvalue weighted by atomic mass is 10.2. The molecule has 0 saturated carbocycles. The first-order valence-electron chi connectivity index (χ1n) is 5.96. The van der Waals surface area contributed by atoms with E-state index in [4.69, 9.17) is 35.4 Å². The molecule has 0 saturated heterocycles. The molecular formula is C13H14Cl2N4S. The number of nitrogens with one attached hydrogen (secondary N) is 2. The molecule has 0 bridgehead atoms. The number of anilines is 1. The Balaban J connectivity index is 2.16.